The topological polar surface area (TPSA) is 78.1 Å². The summed E-state index contributed by atoms with van der Waals surface area (Å²) < 4.78 is 0. The van der Waals surface area contributed by atoms with Crippen LogP contribution in [0.1, 0.15) is 19.7 Å². The number of rotatable bonds is 2. The van der Waals surface area contributed by atoms with E-state index in [0.717, 1.165) is 34.0 Å². The van der Waals surface area contributed by atoms with Crippen LogP contribution in [0.3, 0.4) is 0 Å². The van der Waals surface area contributed by atoms with Gasteiger partial charge in [0, 0.05) is 0 Å². The third-order valence-corrected chi connectivity index (χ3v) is 3.03. The molecule has 0 bridgehead atoms. The Labute approximate surface area is 110 Å². The fraction of sp³-hybridized carbons (Fsp3) is 0.308. The summed E-state index contributed by atoms with van der Waals surface area (Å²) in [6, 6.07) is 5.65. The van der Waals surface area contributed by atoms with Crippen LogP contribution < -0.4 is 0 Å². The minimum atomic E-state index is -0.126. The predicted molar refractivity (Wildman–Crippen MR) is 75.4 cm³/mol. The Balaban J connectivity index is 1.89. The number of hydrogen-bond donors (Lipinski definition) is 1. The van der Waals surface area contributed by atoms with Crippen molar-refractivity contribution in [2.75, 3.05) is 0 Å². The molecule has 0 unspecified atom stereocenters. The van der Waals surface area contributed by atoms with E-state index in [9.17, 15) is 0 Å². The van der Waals surface area contributed by atoms with Gasteiger partial charge in [0.1, 0.15) is 5.82 Å². The maximum absolute atomic E-state index is 4.35. The molecule has 0 fully saturated rings. The second-order valence-electron chi connectivity index (χ2n) is 4.62. The molecule has 1 aliphatic heterocycles. The third-order valence-electron chi connectivity index (χ3n) is 3.03. The summed E-state index contributed by atoms with van der Waals surface area (Å²) >= 11 is 0. The molecule has 3 rings (SSSR count). The van der Waals surface area contributed by atoms with Gasteiger partial charge < -0.3 is 4.98 Å². The molecule has 2 aromatic rings. The second kappa shape index (κ2) is 4.38. The van der Waals surface area contributed by atoms with Crippen LogP contribution in [0.2, 0.25) is 0 Å². The monoisotopic (exact) mass is 254 g/mol. The van der Waals surface area contributed by atoms with Crippen molar-refractivity contribution >= 4 is 28.1 Å². The van der Waals surface area contributed by atoms with Gasteiger partial charge in [-0.25, -0.2) is 4.98 Å². The maximum Gasteiger partial charge on any atom is 0.150 e. The van der Waals surface area contributed by atoms with E-state index in [-0.39, 0.29) is 6.04 Å². The zero-order chi connectivity index (χ0) is 13.4. The minimum Gasteiger partial charge on any atom is -0.342 e. The lowest BCUT2D eigenvalue weighted by Crippen LogP contribution is -2.18. The first-order valence-electron chi connectivity index (χ1n) is 6.09. The number of azo groups is 1. The molecule has 2 heterocycles. The maximum atomic E-state index is 4.35. The molecule has 1 aromatic carbocycles. The van der Waals surface area contributed by atoms with Gasteiger partial charge in [-0.1, -0.05) is 0 Å². The van der Waals surface area contributed by atoms with E-state index in [1.165, 1.54) is 0 Å². The molecule has 0 atom stereocenters. The van der Waals surface area contributed by atoms with E-state index in [2.05, 4.69) is 30.4 Å². The molecular weight excluding hydrogens is 240 g/mol. The van der Waals surface area contributed by atoms with Gasteiger partial charge in [-0.15, -0.1) is 0 Å². The Kier molecular flexibility index (Phi) is 2.70. The average molecular weight is 254 g/mol. The summed E-state index contributed by atoms with van der Waals surface area (Å²) in [4.78, 5) is 7.53. The number of fused-ring (bicyclic) bond motifs is 1. The van der Waals surface area contributed by atoms with Crippen LogP contribution in [0.25, 0.3) is 11.0 Å². The average Bonchev–Trinajstić information content (AvgIpc) is 2.89. The van der Waals surface area contributed by atoms with Gasteiger partial charge in [0.25, 0.3) is 0 Å². The molecule has 6 nitrogen and oxygen atoms in total. The van der Waals surface area contributed by atoms with Crippen molar-refractivity contribution in [2.24, 2.45) is 20.4 Å². The summed E-state index contributed by atoms with van der Waals surface area (Å²) in [7, 11) is 0. The van der Waals surface area contributed by atoms with Crippen LogP contribution in [-0.4, -0.2) is 27.4 Å². The van der Waals surface area contributed by atoms with Gasteiger partial charge in [-0.2, -0.15) is 20.4 Å². The summed E-state index contributed by atoms with van der Waals surface area (Å²) in [5.74, 6) is 0.894. The van der Waals surface area contributed by atoms with Gasteiger partial charge >= 0.3 is 0 Å². The molecule has 19 heavy (non-hydrogen) atoms. The highest BCUT2D eigenvalue weighted by Gasteiger charge is 2.19. The number of H-pyrrole nitrogens is 1. The van der Waals surface area contributed by atoms with Gasteiger partial charge in [0.2, 0.25) is 0 Å². The molecule has 0 saturated carbocycles. The highest BCUT2D eigenvalue weighted by Crippen LogP contribution is 2.21. The first kappa shape index (κ1) is 11.7. The molecule has 6 heteroatoms. The number of aromatic nitrogens is 2. The van der Waals surface area contributed by atoms with E-state index in [4.69, 9.17) is 0 Å². The van der Waals surface area contributed by atoms with E-state index >= 15 is 0 Å². The van der Waals surface area contributed by atoms with Crippen molar-refractivity contribution in [3.8, 4) is 0 Å². The van der Waals surface area contributed by atoms with Crippen LogP contribution in [0.15, 0.2) is 38.6 Å². The standard InChI is InChI=1S/C13H14N6/c1-7-13(8(2)17-16-7)19-18-10-4-5-11-12(6-10)15-9(3)14-11/h4-6,13H,1-3H3,(H,14,15). The minimum absolute atomic E-state index is 0.126. The van der Waals surface area contributed by atoms with E-state index in [1.807, 2.05) is 39.0 Å². The molecule has 1 aromatic heterocycles. The molecule has 1 N–H and O–H groups in total. The molecule has 0 radical (unpaired) electrons. The van der Waals surface area contributed by atoms with Gasteiger partial charge in [-0.3, -0.25) is 0 Å². The first-order valence-corrected chi connectivity index (χ1v) is 6.09. The fourth-order valence-electron chi connectivity index (χ4n) is 2.05. The Bertz CT molecular complexity index is 704. The molecule has 0 saturated heterocycles. The fourth-order valence-corrected chi connectivity index (χ4v) is 2.05. The quantitative estimate of drug-likeness (QED) is 0.821. The van der Waals surface area contributed by atoms with Crippen molar-refractivity contribution in [1.29, 1.82) is 0 Å². The highest BCUT2D eigenvalue weighted by molar-refractivity contribution is 6.12. The lowest BCUT2D eigenvalue weighted by molar-refractivity contribution is 1.01. The zero-order valence-corrected chi connectivity index (χ0v) is 11.0. The van der Waals surface area contributed by atoms with Crippen LogP contribution in [0, 0.1) is 6.92 Å². The van der Waals surface area contributed by atoms with Gasteiger partial charge in [-0.05, 0) is 39.0 Å². The number of nitrogens with one attached hydrogen (secondary N) is 1. The Morgan fingerprint density at radius 3 is 2.58 bits per heavy atom. The Morgan fingerprint density at radius 2 is 1.84 bits per heavy atom. The molecule has 1 aliphatic rings. The number of aryl methyl sites for hydroxylation is 1. The van der Waals surface area contributed by atoms with E-state index in [1.54, 1.807) is 0 Å². The lowest BCUT2D eigenvalue weighted by atomic mass is 10.1. The Morgan fingerprint density at radius 1 is 1.11 bits per heavy atom. The van der Waals surface area contributed by atoms with Crippen molar-refractivity contribution in [3.05, 3.63) is 24.0 Å². The molecule has 0 amide bonds. The van der Waals surface area contributed by atoms with Gasteiger partial charge in [0.15, 0.2) is 6.04 Å². The number of nitrogens with zero attached hydrogens (tertiary/aromatic N) is 5. The molecule has 0 spiro atoms. The summed E-state index contributed by atoms with van der Waals surface area (Å²) in [5, 5.41) is 16.6. The number of benzene rings is 1. The molecule has 96 valence electrons. The summed E-state index contributed by atoms with van der Waals surface area (Å²) in [6.45, 7) is 5.75. The predicted octanol–water partition coefficient (Wildman–Crippen LogP) is 3.17. The lowest BCUT2D eigenvalue weighted by Gasteiger charge is -2.02. The van der Waals surface area contributed by atoms with Crippen molar-refractivity contribution < 1.29 is 0 Å². The van der Waals surface area contributed by atoms with Crippen LogP contribution >= 0.6 is 0 Å². The highest BCUT2D eigenvalue weighted by atomic mass is 15.3. The van der Waals surface area contributed by atoms with Crippen molar-refractivity contribution in [2.45, 2.75) is 26.8 Å². The van der Waals surface area contributed by atoms with Crippen LogP contribution in [0.4, 0.5) is 5.69 Å². The zero-order valence-electron chi connectivity index (χ0n) is 11.0. The van der Waals surface area contributed by atoms with Crippen molar-refractivity contribution in [1.82, 2.24) is 9.97 Å². The molecule has 0 aliphatic carbocycles. The molecular formula is C13H14N6. The largest absolute Gasteiger partial charge is 0.342 e. The van der Waals surface area contributed by atoms with Crippen molar-refractivity contribution in [3.63, 3.8) is 0 Å². The number of imidazole rings is 1. The van der Waals surface area contributed by atoms with E-state index in [0.29, 0.717) is 0 Å². The number of aromatic amines is 1. The second-order valence-corrected chi connectivity index (χ2v) is 4.62. The summed E-state index contributed by atoms with van der Waals surface area (Å²) in [6.07, 6.45) is 0. The summed E-state index contributed by atoms with van der Waals surface area (Å²) in [5.41, 5.74) is 4.45. The SMILES string of the molecule is CC1=NN=C(C)C1N=Nc1ccc2nc(C)[nH]c2c1. The van der Waals surface area contributed by atoms with Crippen LogP contribution in [0.5, 0.6) is 0 Å². The van der Waals surface area contributed by atoms with E-state index < -0.39 is 0 Å². The normalized spacial score (nSPS) is 16.4. The third kappa shape index (κ3) is 2.16. The number of hydrogen-bond acceptors (Lipinski definition) is 5. The van der Waals surface area contributed by atoms with Gasteiger partial charge in [0.05, 0.1) is 28.1 Å². The smallest absolute Gasteiger partial charge is 0.150 e. The van der Waals surface area contributed by atoms with Crippen LogP contribution in [-0.2, 0) is 0 Å². The Hall–Kier alpha value is -2.37. The first-order chi connectivity index (χ1) is 9.13.